The van der Waals surface area contributed by atoms with E-state index in [1.807, 2.05) is 13.0 Å². The van der Waals surface area contributed by atoms with E-state index in [1.165, 1.54) is 7.11 Å². The fourth-order valence-electron chi connectivity index (χ4n) is 2.82. The highest BCUT2D eigenvalue weighted by Gasteiger charge is 2.25. The largest absolute Gasteiger partial charge is 0.496 e. The van der Waals surface area contributed by atoms with Crippen molar-refractivity contribution in [3.05, 3.63) is 29.3 Å². The van der Waals surface area contributed by atoms with Gasteiger partial charge < -0.3 is 19.3 Å². The van der Waals surface area contributed by atoms with E-state index in [4.69, 9.17) is 4.74 Å². The van der Waals surface area contributed by atoms with E-state index in [9.17, 15) is 14.4 Å². The summed E-state index contributed by atoms with van der Waals surface area (Å²) in [5.74, 6) is 0.222. The molecule has 25 heavy (non-hydrogen) atoms. The van der Waals surface area contributed by atoms with Crippen molar-refractivity contribution < 1.29 is 23.9 Å². The van der Waals surface area contributed by atoms with Gasteiger partial charge in [-0.1, -0.05) is 0 Å². The van der Waals surface area contributed by atoms with Crippen LogP contribution in [0.15, 0.2) is 18.2 Å². The molecule has 1 aliphatic heterocycles. The molecule has 2 rings (SSSR count). The van der Waals surface area contributed by atoms with Gasteiger partial charge in [0.05, 0.1) is 20.6 Å². The number of esters is 1. The number of ether oxygens (including phenoxy) is 2. The van der Waals surface area contributed by atoms with Crippen LogP contribution in [0.3, 0.4) is 0 Å². The number of amides is 2. The number of carbonyl (C=O) groups is 3. The number of carbonyl (C=O) groups excluding carboxylic acids is 3. The molecule has 0 atom stereocenters. The molecule has 1 aromatic rings. The minimum Gasteiger partial charge on any atom is -0.496 e. The third-order valence-corrected chi connectivity index (χ3v) is 4.33. The SMILES string of the molecule is COC(=O)CCC(=O)N1CCN(C(=O)c2ccc(OC)c(C)c2)CC1. The van der Waals surface area contributed by atoms with Crippen LogP contribution < -0.4 is 4.74 Å². The van der Waals surface area contributed by atoms with Crippen LogP contribution >= 0.6 is 0 Å². The Morgan fingerprint density at radius 2 is 1.64 bits per heavy atom. The molecule has 1 fully saturated rings. The molecule has 0 unspecified atom stereocenters. The molecule has 0 spiro atoms. The summed E-state index contributed by atoms with van der Waals surface area (Å²) in [7, 11) is 2.90. The lowest BCUT2D eigenvalue weighted by Gasteiger charge is -2.35. The molecule has 0 aliphatic carbocycles. The summed E-state index contributed by atoms with van der Waals surface area (Å²) < 4.78 is 9.75. The second-order valence-corrected chi connectivity index (χ2v) is 5.93. The van der Waals surface area contributed by atoms with Gasteiger partial charge in [-0.2, -0.15) is 0 Å². The quantitative estimate of drug-likeness (QED) is 0.749. The van der Waals surface area contributed by atoms with Crippen molar-refractivity contribution in [3.8, 4) is 5.75 Å². The summed E-state index contributed by atoms with van der Waals surface area (Å²) in [6, 6.07) is 5.35. The van der Waals surface area contributed by atoms with E-state index in [-0.39, 0.29) is 24.7 Å². The van der Waals surface area contributed by atoms with E-state index >= 15 is 0 Å². The van der Waals surface area contributed by atoms with E-state index in [0.29, 0.717) is 31.7 Å². The van der Waals surface area contributed by atoms with Crippen molar-refractivity contribution in [1.82, 2.24) is 9.80 Å². The molecule has 1 aromatic carbocycles. The van der Waals surface area contributed by atoms with Gasteiger partial charge in [0.2, 0.25) is 5.91 Å². The van der Waals surface area contributed by atoms with Crippen LogP contribution in [0.1, 0.15) is 28.8 Å². The maximum atomic E-state index is 12.6. The van der Waals surface area contributed by atoms with Crippen LogP contribution in [0.5, 0.6) is 5.75 Å². The number of methoxy groups -OCH3 is 2. The molecule has 2 amide bonds. The zero-order chi connectivity index (χ0) is 18.4. The first-order valence-electron chi connectivity index (χ1n) is 8.24. The minimum absolute atomic E-state index is 0.0487. The molecule has 1 aliphatic rings. The Morgan fingerprint density at radius 3 is 2.20 bits per heavy atom. The molecule has 1 saturated heterocycles. The molecule has 0 saturated carbocycles. The lowest BCUT2D eigenvalue weighted by Crippen LogP contribution is -2.50. The topological polar surface area (TPSA) is 76.2 Å². The van der Waals surface area contributed by atoms with Gasteiger partial charge in [-0.15, -0.1) is 0 Å². The molecule has 136 valence electrons. The van der Waals surface area contributed by atoms with Gasteiger partial charge in [0.1, 0.15) is 5.75 Å². The van der Waals surface area contributed by atoms with Crippen molar-refractivity contribution in [2.24, 2.45) is 0 Å². The Balaban J connectivity index is 1.89. The van der Waals surface area contributed by atoms with Gasteiger partial charge in [0, 0.05) is 38.2 Å². The first-order valence-corrected chi connectivity index (χ1v) is 8.24. The van der Waals surface area contributed by atoms with Crippen molar-refractivity contribution in [2.45, 2.75) is 19.8 Å². The molecule has 1 heterocycles. The summed E-state index contributed by atoms with van der Waals surface area (Å²) in [4.78, 5) is 39.2. The minimum atomic E-state index is -0.392. The Hall–Kier alpha value is -2.57. The highest BCUT2D eigenvalue weighted by molar-refractivity contribution is 5.94. The van der Waals surface area contributed by atoms with Gasteiger partial charge in [-0.05, 0) is 30.7 Å². The molecule has 0 N–H and O–H groups in total. The molecular formula is C18H24N2O5. The molecular weight excluding hydrogens is 324 g/mol. The maximum absolute atomic E-state index is 12.6. The van der Waals surface area contributed by atoms with Crippen LogP contribution in [0.4, 0.5) is 0 Å². The van der Waals surface area contributed by atoms with Crippen LogP contribution in [0.25, 0.3) is 0 Å². The Morgan fingerprint density at radius 1 is 1.00 bits per heavy atom. The zero-order valence-corrected chi connectivity index (χ0v) is 14.9. The first-order chi connectivity index (χ1) is 12.0. The van der Waals surface area contributed by atoms with E-state index < -0.39 is 5.97 Å². The molecule has 7 heteroatoms. The highest BCUT2D eigenvalue weighted by Crippen LogP contribution is 2.20. The third kappa shape index (κ3) is 4.71. The fraction of sp³-hybridized carbons (Fsp3) is 0.500. The van der Waals surface area contributed by atoms with Gasteiger partial charge in [0.15, 0.2) is 0 Å². The smallest absolute Gasteiger partial charge is 0.306 e. The number of benzene rings is 1. The summed E-state index contributed by atoms with van der Waals surface area (Å²) in [5, 5.41) is 0. The number of hydrogen-bond acceptors (Lipinski definition) is 5. The summed E-state index contributed by atoms with van der Waals surface area (Å²) in [6.45, 7) is 3.80. The Labute approximate surface area is 147 Å². The van der Waals surface area contributed by atoms with Crippen LogP contribution in [-0.2, 0) is 14.3 Å². The van der Waals surface area contributed by atoms with E-state index in [1.54, 1.807) is 29.0 Å². The standard InChI is InChI=1S/C18H24N2O5/c1-13-12-14(4-5-15(13)24-2)18(23)20-10-8-19(9-11-20)16(21)6-7-17(22)25-3/h4-5,12H,6-11H2,1-3H3. The zero-order valence-electron chi connectivity index (χ0n) is 14.9. The average Bonchev–Trinajstić information content (AvgIpc) is 2.65. The molecule has 0 bridgehead atoms. The number of aryl methyl sites for hydroxylation is 1. The van der Waals surface area contributed by atoms with E-state index in [0.717, 1.165) is 11.3 Å². The summed E-state index contributed by atoms with van der Waals surface area (Å²) in [5.41, 5.74) is 1.52. The lowest BCUT2D eigenvalue weighted by atomic mass is 10.1. The van der Waals surface area contributed by atoms with Crippen LogP contribution in [0, 0.1) is 6.92 Å². The number of rotatable bonds is 5. The Kier molecular flexibility index (Phi) is 6.38. The van der Waals surface area contributed by atoms with Gasteiger partial charge >= 0.3 is 5.97 Å². The maximum Gasteiger partial charge on any atom is 0.306 e. The normalized spacial score (nSPS) is 14.2. The molecule has 0 aromatic heterocycles. The molecule has 7 nitrogen and oxygen atoms in total. The van der Waals surface area contributed by atoms with Gasteiger partial charge in [-0.25, -0.2) is 0 Å². The van der Waals surface area contributed by atoms with Crippen molar-refractivity contribution in [3.63, 3.8) is 0 Å². The number of nitrogens with zero attached hydrogens (tertiary/aromatic N) is 2. The van der Waals surface area contributed by atoms with Crippen molar-refractivity contribution >= 4 is 17.8 Å². The van der Waals surface area contributed by atoms with Gasteiger partial charge in [-0.3, -0.25) is 14.4 Å². The number of hydrogen-bond donors (Lipinski definition) is 0. The van der Waals surface area contributed by atoms with Crippen molar-refractivity contribution in [2.75, 3.05) is 40.4 Å². The predicted molar refractivity (Wildman–Crippen MR) is 91.5 cm³/mol. The second kappa shape index (κ2) is 8.50. The number of piperazine rings is 1. The monoisotopic (exact) mass is 348 g/mol. The first kappa shape index (κ1) is 18.8. The van der Waals surface area contributed by atoms with E-state index in [2.05, 4.69) is 4.74 Å². The second-order valence-electron chi connectivity index (χ2n) is 5.93. The molecule has 0 radical (unpaired) electrons. The van der Waals surface area contributed by atoms with Crippen molar-refractivity contribution in [1.29, 1.82) is 0 Å². The summed E-state index contributed by atoms with van der Waals surface area (Å²) in [6.07, 6.45) is 0.220. The lowest BCUT2D eigenvalue weighted by molar-refractivity contribution is -0.143. The van der Waals surface area contributed by atoms with Crippen LogP contribution in [-0.4, -0.2) is 68.0 Å². The van der Waals surface area contributed by atoms with Crippen LogP contribution in [0.2, 0.25) is 0 Å². The highest BCUT2D eigenvalue weighted by atomic mass is 16.5. The Bertz CT molecular complexity index is 651. The third-order valence-electron chi connectivity index (χ3n) is 4.33. The van der Waals surface area contributed by atoms with Gasteiger partial charge in [0.25, 0.3) is 5.91 Å². The predicted octanol–water partition coefficient (Wildman–Crippen LogP) is 1.24. The fourth-order valence-corrected chi connectivity index (χ4v) is 2.82. The average molecular weight is 348 g/mol. The summed E-state index contributed by atoms with van der Waals surface area (Å²) >= 11 is 0.